The zero-order chi connectivity index (χ0) is 27.4. The van der Waals surface area contributed by atoms with Gasteiger partial charge >= 0.3 is 5.97 Å². The van der Waals surface area contributed by atoms with Gasteiger partial charge in [-0.2, -0.15) is 0 Å². The number of aryl methyl sites for hydroxylation is 2. The van der Waals surface area contributed by atoms with E-state index in [9.17, 15) is 14.7 Å². The second-order valence-corrected chi connectivity index (χ2v) is 8.14. The number of carbonyl (C=O) groups is 1. The lowest BCUT2D eigenvalue weighted by Gasteiger charge is -2.33. The largest absolute Gasteiger partial charge is 0.476 e. The van der Waals surface area contributed by atoms with Crippen molar-refractivity contribution in [2.45, 2.75) is 38.7 Å². The van der Waals surface area contributed by atoms with Crippen molar-refractivity contribution in [2.75, 3.05) is 62.2 Å². The highest BCUT2D eigenvalue weighted by Gasteiger charge is 2.34. The number of aromatic carboxylic acids is 1. The Morgan fingerprint density at radius 2 is 1.46 bits per heavy atom. The Morgan fingerprint density at radius 1 is 0.892 bits per heavy atom. The number of benzene rings is 1. The lowest BCUT2D eigenvalue weighted by atomic mass is 10.1. The average Bonchev–Trinajstić information content (AvgIpc) is 2.87. The van der Waals surface area contributed by atoms with E-state index in [2.05, 4.69) is 4.98 Å². The topological polar surface area (TPSA) is 146 Å². The van der Waals surface area contributed by atoms with Crippen molar-refractivity contribution < 1.29 is 47.8 Å². The van der Waals surface area contributed by atoms with Gasteiger partial charge in [0.25, 0.3) is 5.56 Å². The van der Waals surface area contributed by atoms with Gasteiger partial charge < -0.3 is 47.6 Å². The van der Waals surface area contributed by atoms with Crippen molar-refractivity contribution in [3.8, 4) is 0 Å². The van der Waals surface area contributed by atoms with Crippen LogP contribution in [-0.4, -0.2) is 101 Å². The van der Waals surface area contributed by atoms with E-state index in [-0.39, 0.29) is 40.3 Å². The minimum atomic E-state index is -1.44. The fourth-order valence-corrected chi connectivity index (χ4v) is 3.65. The molecule has 208 valence electrons. The van der Waals surface area contributed by atoms with Gasteiger partial charge in [0.15, 0.2) is 0 Å². The van der Waals surface area contributed by atoms with Crippen LogP contribution in [0.2, 0.25) is 0 Å². The van der Waals surface area contributed by atoms with Gasteiger partial charge in [-0.15, -0.1) is 0 Å². The molecule has 0 fully saturated rings. The highest BCUT2D eigenvalue weighted by atomic mass is 16.7. The van der Waals surface area contributed by atoms with Crippen LogP contribution in [0, 0.1) is 13.8 Å². The molecule has 0 aliphatic heterocycles. The van der Waals surface area contributed by atoms with E-state index in [1.54, 1.807) is 12.1 Å². The SMILES string of the molecule is COCOC[C@@H](OCOC)[C@@H](OCOC)[C@H](Cn1c(=O)c(C(=O)O)nc2cc(C)c(C)cc21)OCOC. The van der Waals surface area contributed by atoms with E-state index in [1.165, 1.54) is 33.0 Å². The molecule has 1 aromatic heterocycles. The molecule has 0 aliphatic carbocycles. The third kappa shape index (κ3) is 8.51. The highest BCUT2D eigenvalue weighted by molar-refractivity contribution is 5.88. The van der Waals surface area contributed by atoms with Gasteiger partial charge in [-0.25, -0.2) is 9.78 Å². The molecule has 0 aliphatic rings. The summed E-state index contributed by atoms with van der Waals surface area (Å²) in [5.41, 5.74) is 1.21. The molecule has 2 aromatic rings. The van der Waals surface area contributed by atoms with Crippen LogP contribution in [0.15, 0.2) is 16.9 Å². The third-order valence-electron chi connectivity index (χ3n) is 5.52. The van der Waals surface area contributed by atoms with Gasteiger partial charge in [-0.05, 0) is 37.1 Å². The predicted molar refractivity (Wildman–Crippen MR) is 131 cm³/mol. The standard InChI is InChI=1S/C24H36N2O11/c1-15-7-17-18(8-16(15)2)26(23(27)21(25-17)24(28)29)9-19(35-12-31-4)22(37-14-33-6)20(36-13-32-5)10-34-11-30-3/h7-8,19-20,22H,9-14H2,1-6H3,(H,28,29)/t19-,20+,22-/m0/s1. The maximum absolute atomic E-state index is 13.3. The number of methoxy groups -OCH3 is 4. The summed E-state index contributed by atoms with van der Waals surface area (Å²) in [7, 11) is 5.86. The first-order chi connectivity index (χ1) is 17.8. The van der Waals surface area contributed by atoms with Gasteiger partial charge in [0.05, 0.1) is 24.2 Å². The van der Waals surface area contributed by atoms with Crippen molar-refractivity contribution in [2.24, 2.45) is 0 Å². The van der Waals surface area contributed by atoms with Crippen molar-refractivity contribution >= 4 is 17.0 Å². The minimum Gasteiger partial charge on any atom is -0.476 e. The van der Waals surface area contributed by atoms with Crippen LogP contribution in [-0.2, 0) is 44.4 Å². The highest BCUT2D eigenvalue weighted by Crippen LogP contribution is 2.21. The van der Waals surface area contributed by atoms with Gasteiger partial charge in [0.1, 0.15) is 45.5 Å². The van der Waals surface area contributed by atoms with E-state index in [1.807, 2.05) is 13.8 Å². The molecule has 0 spiro atoms. The summed E-state index contributed by atoms with van der Waals surface area (Å²) in [5.74, 6) is -1.44. The third-order valence-corrected chi connectivity index (χ3v) is 5.52. The van der Waals surface area contributed by atoms with Gasteiger partial charge in [0.2, 0.25) is 5.69 Å². The lowest BCUT2D eigenvalue weighted by Crippen LogP contribution is -2.49. The summed E-state index contributed by atoms with van der Waals surface area (Å²) >= 11 is 0. The van der Waals surface area contributed by atoms with E-state index in [0.717, 1.165) is 11.1 Å². The number of hydrogen-bond acceptors (Lipinski definition) is 11. The van der Waals surface area contributed by atoms with Crippen molar-refractivity contribution in [3.63, 3.8) is 0 Å². The fraction of sp³-hybridized carbons (Fsp3) is 0.625. The molecule has 0 amide bonds. The van der Waals surface area contributed by atoms with E-state index in [4.69, 9.17) is 37.9 Å². The second-order valence-electron chi connectivity index (χ2n) is 8.14. The number of aromatic nitrogens is 2. The zero-order valence-corrected chi connectivity index (χ0v) is 22.1. The second kappa shape index (κ2) is 15.7. The molecule has 0 bridgehead atoms. The Labute approximate surface area is 215 Å². The Morgan fingerprint density at radius 3 is 2.05 bits per heavy atom. The molecule has 1 aromatic carbocycles. The normalized spacial score (nSPS) is 14.1. The smallest absolute Gasteiger partial charge is 0.360 e. The Hall–Kier alpha value is -2.49. The Balaban J connectivity index is 2.62. The number of carboxylic acids is 1. The summed E-state index contributed by atoms with van der Waals surface area (Å²) in [6, 6.07) is 3.52. The quantitative estimate of drug-likeness (QED) is 0.220. The van der Waals surface area contributed by atoms with Crippen LogP contribution in [0.1, 0.15) is 21.6 Å². The average molecular weight is 529 g/mol. The van der Waals surface area contributed by atoms with Crippen LogP contribution in [0.25, 0.3) is 11.0 Å². The maximum atomic E-state index is 13.3. The first kappa shape index (κ1) is 30.7. The lowest BCUT2D eigenvalue weighted by molar-refractivity contribution is -0.223. The number of ether oxygens (including phenoxy) is 8. The first-order valence-electron chi connectivity index (χ1n) is 11.4. The molecule has 13 heteroatoms. The Kier molecular flexibility index (Phi) is 13.0. The number of hydrogen-bond donors (Lipinski definition) is 1. The Bertz CT molecular complexity index is 1060. The fourth-order valence-electron chi connectivity index (χ4n) is 3.65. The summed E-state index contributed by atoms with van der Waals surface area (Å²) in [5, 5.41) is 9.65. The van der Waals surface area contributed by atoms with E-state index >= 15 is 0 Å². The van der Waals surface area contributed by atoms with Crippen LogP contribution in [0.5, 0.6) is 0 Å². The summed E-state index contributed by atoms with van der Waals surface area (Å²) < 4.78 is 44.8. The molecule has 13 nitrogen and oxygen atoms in total. The van der Waals surface area contributed by atoms with Crippen LogP contribution >= 0.6 is 0 Å². The maximum Gasteiger partial charge on any atom is 0.360 e. The molecule has 0 unspecified atom stereocenters. The van der Waals surface area contributed by atoms with E-state index in [0.29, 0.717) is 11.0 Å². The minimum absolute atomic E-state index is 0.00247. The van der Waals surface area contributed by atoms with Crippen molar-refractivity contribution in [3.05, 3.63) is 39.3 Å². The van der Waals surface area contributed by atoms with Crippen LogP contribution in [0.3, 0.4) is 0 Å². The molecular formula is C24H36N2O11. The van der Waals surface area contributed by atoms with Crippen LogP contribution < -0.4 is 5.56 Å². The number of fused-ring (bicyclic) bond motifs is 1. The molecule has 2 rings (SSSR count). The summed E-state index contributed by atoms with van der Waals surface area (Å²) in [6.07, 6.45) is -2.49. The number of rotatable bonds is 18. The van der Waals surface area contributed by atoms with E-state index < -0.39 is 35.5 Å². The molecule has 3 atom stereocenters. The number of carboxylic acid groups (broad SMARTS) is 1. The zero-order valence-electron chi connectivity index (χ0n) is 22.1. The molecule has 1 heterocycles. The number of nitrogens with zero attached hydrogens (tertiary/aromatic N) is 2. The first-order valence-corrected chi connectivity index (χ1v) is 11.4. The van der Waals surface area contributed by atoms with Gasteiger partial charge in [-0.1, -0.05) is 0 Å². The van der Waals surface area contributed by atoms with Crippen LogP contribution in [0.4, 0.5) is 0 Å². The molecular weight excluding hydrogens is 492 g/mol. The van der Waals surface area contributed by atoms with Crippen molar-refractivity contribution in [1.82, 2.24) is 9.55 Å². The van der Waals surface area contributed by atoms with Gasteiger partial charge in [0, 0.05) is 28.4 Å². The molecule has 0 radical (unpaired) electrons. The monoisotopic (exact) mass is 528 g/mol. The van der Waals surface area contributed by atoms with Crippen molar-refractivity contribution in [1.29, 1.82) is 0 Å². The molecule has 37 heavy (non-hydrogen) atoms. The predicted octanol–water partition coefficient (Wildman–Crippen LogP) is 1.30. The molecule has 1 N–H and O–H groups in total. The summed E-state index contributed by atoms with van der Waals surface area (Å²) in [6.45, 7) is 3.34. The molecule has 0 saturated carbocycles. The van der Waals surface area contributed by atoms with Gasteiger partial charge in [-0.3, -0.25) is 4.79 Å². The molecule has 0 saturated heterocycles. The summed E-state index contributed by atoms with van der Waals surface area (Å²) in [4.78, 5) is 29.2.